The SMILES string of the molecule is CCNC(C)CCNCCc1ccco1. The van der Waals surface area contributed by atoms with Gasteiger partial charge in [0.25, 0.3) is 0 Å². The Labute approximate surface area is 92.2 Å². The van der Waals surface area contributed by atoms with Crippen LogP contribution in [0, 0.1) is 0 Å². The first-order valence-electron chi connectivity index (χ1n) is 5.79. The third kappa shape index (κ3) is 5.60. The summed E-state index contributed by atoms with van der Waals surface area (Å²) in [5.41, 5.74) is 0. The maximum Gasteiger partial charge on any atom is 0.105 e. The third-order valence-electron chi connectivity index (χ3n) is 2.43. The molecule has 3 nitrogen and oxygen atoms in total. The van der Waals surface area contributed by atoms with E-state index in [4.69, 9.17) is 4.42 Å². The molecule has 0 saturated carbocycles. The summed E-state index contributed by atoms with van der Waals surface area (Å²) < 4.78 is 5.25. The summed E-state index contributed by atoms with van der Waals surface area (Å²) in [7, 11) is 0. The van der Waals surface area contributed by atoms with Crippen LogP contribution < -0.4 is 10.6 Å². The van der Waals surface area contributed by atoms with Crippen LogP contribution in [0.25, 0.3) is 0 Å². The molecule has 0 saturated heterocycles. The van der Waals surface area contributed by atoms with Crippen LogP contribution >= 0.6 is 0 Å². The molecule has 0 bridgehead atoms. The van der Waals surface area contributed by atoms with E-state index in [0.717, 1.165) is 31.8 Å². The Morgan fingerprint density at radius 1 is 1.40 bits per heavy atom. The Kier molecular flexibility index (Phi) is 6.12. The zero-order valence-corrected chi connectivity index (χ0v) is 9.75. The van der Waals surface area contributed by atoms with Crippen molar-refractivity contribution in [1.29, 1.82) is 0 Å². The van der Waals surface area contributed by atoms with E-state index in [9.17, 15) is 0 Å². The lowest BCUT2D eigenvalue weighted by Crippen LogP contribution is -2.30. The minimum Gasteiger partial charge on any atom is -0.469 e. The molecular weight excluding hydrogens is 188 g/mol. The van der Waals surface area contributed by atoms with E-state index in [0.29, 0.717) is 6.04 Å². The average molecular weight is 210 g/mol. The minimum atomic E-state index is 0.603. The van der Waals surface area contributed by atoms with Crippen LogP contribution in [0.5, 0.6) is 0 Å². The Balaban J connectivity index is 1.93. The molecule has 0 aliphatic rings. The van der Waals surface area contributed by atoms with E-state index in [-0.39, 0.29) is 0 Å². The maximum absolute atomic E-state index is 5.25. The molecule has 86 valence electrons. The smallest absolute Gasteiger partial charge is 0.105 e. The number of furan rings is 1. The molecule has 15 heavy (non-hydrogen) atoms. The lowest BCUT2D eigenvalue weighted by atomic mass is 10.2. The fourth-order valence-electron chi connectivity index (χ4n) is 1.56. The summed E-state index contributed by atoms with van der Waals surface area (Å²) in [6.07, 6.45) is 3.87. The summed E-state index contributed by atoms with van der Waals surface area (Å²) in [4.78, 5) is 0. The Morgan fingerprint density at radius 3 is 2.93 bits per heavy atom. The first-order valence-corrected chi connectivity index (χ1v) is 5.79. The van der Waals surface area contributed by atoms with Crippen LogP contribution in [0.2, 0.25) is 0 Å². The van der Waals surface area contributed by atoms with Crippen LogP contribution in [0.15, 0.2) is 22.8 Å². The molecule has 0 amide bonds. The number of hydrogen-bond acceptors (Lipinski definition) is 3. The van der Waals surface area contributed by atoms with E-state index in [1.165, 1.54) is 6.42 Å². The van der Waals surface area contributed by atoms with Gasteiger partial charge in [0.1, 0.15) is 5.76 Å². The van der Waals surface area contributed by atoms with E-state index >= 15 is 0 Å². The van der Waals surface area contributed by atoms with Crippen molar-refractivity contribution in [3.8, 4) is 0 Å². The second kappa shape index (κ2) is 7.49. The second-order valence-corrected chi connectivity index (χ2v) is 3.83. The highest BCUT2D eigenvalue weighted by Gasteiger charge is 1.99. The van der Waals surface area contributed by atoms with E-state index < -0.39 is 0 Å². The van der Waals surface area contributed by atoms with Gasteiger partial charge in [-0.3, -0.25) is 0 Å². The zero-order valence-electron chi connectivity index (χ0n) is 9.75. The second-order valence-electron chi connectivity index (χ2n) is 3.83. The van der Waals surface area contributed by atoms with Crippen molar-refractivity contribution in [1.82, 2.24) is 10.6 Å². The average Bonchev–Trinajstić information content (AvgIpc) is 2.70. The van der Waals surface area contributed by atoms with E-state index in [1.54, 1.807) is 6.26 Å². The predicted molar refractivity (Wildman–Crippen MR) is 63.0 cm³/mol. The lowest BCUT2D eigenvalue weighted by Gasteiger charge is -2.12. The number of nitrogens with one attached hydrogen (secondary N) is 2. The monoisotopic (exact) mass is 210 g/mol. The normalized spacial score (nSPS) is 12.9. The molecule has 2 N–H and O–H groups in total. The number of rotatable bonds is 8. The van der Waals surface area contributed by atoms with Gasteiger partial charge in [-0.2, -0.15) is 0 Å². The van der Waals surface area contributed by atoms with Gasteiger partial charge in [-0.25, -0.2) is 0 Å². The Bertz CT molecular complexity index is 234. The van der Waals surface area contributed by atoms with Gasteiger partial charge in [-0.05, 0) is 38.6 Å². The molecule has 0 spiro atoms. The van der Waals surface area contributed by atoms with Crippen LogP contribution in [0.4, 0.5) is 0 Å². The first-order chi connectivity index (χ1) is 7.33. The zero-order chi connectivity index (χ0) is 10.9. The topological polar surface area (TPSA) is 37.2 Å². The summed E-state index contributed by atoms with van der Waals surface area (Å²) in [5, 5.41) is 6.80. The van der Waals surface area contributed by atoms with Gasteiger partial charge in [0.2, 0.25) is 0 Å². The molecule has 0 aliphatic heterocycles. The molecule has 1 aromatic rings. The lowest BCUT2D eigenvalue weighted by molar-refractivity contribution is 0.481. The fourth-order valence-corrected chi connectivity index (χ4v) is 1.56. The minimum absolute atomic E-state index is 0.603. The molecular formula is C12H22N2O. The summed E-state index contributed by atoms with van der Waals surface area (Å²) in [5.74, 6) is 1.06. The number of hydrogen-bond donors (Lipinski definition) is 2. The predicted octanol–water partition coefficient (Wildman–Crippen LogP) is 1.80. The molecule has 1 atom stereocenters. The molecule has 1 aromatic heterocycles. The van der Waals surface area contributed by atoms with Crippen molar-refractivity contribution in [2.24, 2.45) is 0 Å². The van der Waals surface area contributed by atoms with Gasteiger partial charge >= 0.3 is 0 Å². The Hall–Kier alpha value is -0.800. The largest absolute Gasteiger partial charge is 0.469 e. The molecule has 0 aliphatic carbocycles. The van der Waals surface area contributed by atoms with Gasteiger partial charge in [-0.1, -0.05) is 6.92 Å². The van der Waals surface area contributed by atoms with Crippen LogP contribution in [-0.2, 0) is 6.42 Å². The van der Waals surface area contributed by atoms with E-state index in [1.807, 2.05) is 12.1 Å². The summed E-state index contributed by atoms with van der Waals surface area (Å²) >= 11 is 0. The first kappa shape index (κ1) is 12.3. The molecule has 3 heteroatoms. The molecule has 0 fully saturated rings. The Morgan fingerprint density at radius 2 is 2.27 bits per heavy atom. The van der Waals surface area contributed by atoms with Crippen LogP contribution in [-0.4, -0.2) is 25.7 Å². The van der Waals surface area contributed by atoms with Crippen molar-refractivity contribution >= 4 is 0 Å². The molecule has 0 aromatic carbocycles. The highest BCUT2D eigenvalue weighted by Crippen LogP contribution is 1.99. The molecule has 1 heterocycles. The van der Waals surface area contributed by atoms with Gasteiger partial charge in [0.15, 0.2) is 0 Å². The van der Waals surface area contributed by atoms with E-state index in [2.05, 4.69) is 24.5 Å². The summed E-state index contributed by atoms with van der Waals surface area (Å²) in [6, 6.07) is 4.55. The van der Waals surface area contributed by atoms with Crippen LogP contribution in [0.3, 0.4) is 0 Å². The van der Waals surface area contributed by atoms with Gasteiger partial charge in [0.05, 0.1) is 6.26 Å². The third-order valence-corrected chi connectivity index (χ3v) is 2.43. The summed E-state index contributed by atoms with van der Waals surface area (Å²) in [6.45, 7) is 7.47. The van der Waals surface area contributed by atoms with Crippen molar-refractivity contribution in [2.75, 3.05) is 19.6 Å². The van der Waals surface area contributed by atoms with Gasteiger partial charge in [-0.15, -0.1) is 0 Å². The maximum atomic E-state index is 5.25. The fraction of sp³-hybridized carbons (Fsp3) is 0.667. The van der Waals surface area contributed by atoms with Crippen molar-refractivity contribution in [3.63, 3.8) is 0 Å². The molecule has 0 radical (unpaired) electrons. The highest BCUT2D eigenvalue weighted by molar-refractivity contribution is 4.98. The van der Waals surface area contributed by atoms with Crippen LogP contribution in [0.1, 0.15) is 26.0 Å². The standard InChI is InChI=1S/C12H22N2O/c1-3-14-11(2)6-8-13-9-7-12-5-4-10-15-12/h4-5,10-11,13-14H,3,6-9H2,1-2H3. The van der Waals surface area contributed by atoms with Crippen molar-refractivity contribution in [2.45, 2.75) is 32.7 Å². The highest BCUT2D eigenvalue weighted by atomic mass is 16.3. The molecule has 1 rings (SSSR count). The van der Waals surface area contributed by atoms with Crippen molar-refractivity contribution < 1.29 is 4.42 Å². The molecule has 1 unspecified atom stereocenters. The quantitative estimate of drug-likeness (QED) is 0.642. The van der Waals surface area contributed by atoms with Crippen molar-refractivity contribution in [3.05, 3.63) is 24.2 Å². The van der Waals surface area contributed by atoms with Gasteiger partial charge < -0.3 is 15.1 Å². The van der Waals surface area contributed by atoms with Gasteiger partial charge in [0, 0.05) is 19.0 Å².